The second kappa shape index (κ2) is 7.36. The molecule has 4 N–H and O–H groups in total. The van der Waals surface area contributed by atoms with E-state index in [0.717, 1.165) is 28.6 Å². The van der Waals surface area contributed by atoms with Gasteiger partial charge in [0.1, 0.15) is 5.69 Å². The average molecular weight is 352 g/mol. The van der Waals surface area contributed by atoms with Gasteiger partial charge in [0.15, 0.2) is 5.11 Å². The Kier molecular flexibility index (Phi) is 5.00. The van der Waals surface area contributed by atoms with Crippen molar-refractivity contribution < 1.29 is 4.79 Å². The maximum absolute atomic E-state index is 12.3. The van der Waals surface area contributed by atoms with Crippen LogP contribution in [0.4, 0.5) is 5.69 Å². The normalized spacial score (nSPS) is 10.5. The van der Waals surface area contributed by atoms with Gasteiger partial charge in [-0.1, -0.05) is 43.3 Å². The fourth-order valence-electron chi connectivity index (χ4n) is 2.72. The van der Waals surface area contributed by atoms with Gasteiger partial charge < -0.3 is 10.3 Å². The maximum atomic E-state index is 12.3. The van der Waals surface area contributed by atoms with Crippen molar-refractivity contribution in [3.05, 3.63) is 65.4 Å². The Hall–Kier alpha value is -2.86. The third-order valence-corrected chi connectivity index (χ3v) is 4.25. The number of nitrogens with one attached hydrogen (secondary N) is 4. The summed E-state index contributed by atoms with van der Waals surface area (Å²) in [6.07, 6.45) is 0.897. The van der Waals surface area contributed by atoms with Gasteiger partial charge in [0.2, 0.25) is 0 Å². The van der Waals surface area contributed by atoms with Crippen LogP contribution in [0.5, 0.6) is 0 Å². The summed E-state index contributed by atoms with van der Waals surface area (Å²) in [5.74, 6) is -0.277. The third-order valence-electron chi connectivity index (χ3n) is 4.04. The summed E-state index contributed by atoms with van der Waals surface area (Å²) < 4.78 is 0. The molecule has 0 saturated heterocycles. The van der Waals surface area contributed by atoms with Crippen LogP contribution in [0.25, 0.3) is 10.9 Å². The highest BCUT2D eigenvalue weighted by Gasteiger charge is 2.10. The molecule has 0 unspecified atom stereocenters. The zero-order chi connectivity index (χ0) is 17.8. The monoisotopic (exact) mass is 352 g/mol. The summed E-state index contributed by atoms with van der Waals surface area (Å²) in [6.45, 7) is 4.11. The second-order valence-corrected chi connectivity index (χ2v) is 6.17. The van der Waals surface area contributed by atoms with Crippen LogP contribution >= 0.6 is 12.2 Å². The number of carbonyl (C=O) groups excluding carboxylic acids is 1. The number of fused-ring (bicyclic) bond motifs is 1. The molecular formula is C19H20N4OS. The summed E-state index contributed by atoms with van der Waals surface area (Å²) >= 11 is 5.29. The molecule has 128 valence electrons. The van der Waals surface area contributed by atoms with Gasteiger partial charge in [-0.25, -0.2) is 0 Å². The first kappa shape index (κ1) is 17.0. The quantitative estimate of drug-likeness (QED) is 0.429. The van der Waals surface area contributed by atoms with E-state index < -0.39 is 0 Å². The lowest BCUT2D eigenvalue weighted by molar-refractivity contribution is 0.0940. The first-order chi connectivity index (χ1) is 12.1. The van der Waals surface area contributed by atoms with Crippen LogP contribution in [0.15, 0.2) is 48.5 Å². The number of H-pyrrole nitrogens is 1. The van der Waals surface area contributed by atoms with Gasteiger partial charge in [0.25, 0.3) is 5.91 Å². The fourth-order valence-corrected chi connectivity index (χ4v) is 2.88. The summed E-state index contributed by atoms with van der Waals surface area (Å²) in [5, 5.41) is 4.49. The van der Waals surface area contributed by atoms with Crippen molar-refractivity contribution in [2.45, 2.75) is 20.3 Å². The molecule has 3 aromatic rings. The molecule has 3 rings (SSSR count). The molecule has 1 heterocycles. The van der Waals surface area contributed by atoms with E-state index in [1.165, 1.54) is 5.56 Å². The minimum atomic E-state index is -0.277. The van der Waals surface area contributed by atoms with E-state index >= 15 is 0 Å². The smallest absolute Gasteiger partial charge is 0.286 e. The Labute approximate surface area is 151 Å². The molecule has 0 saturated carbocycles. The van der Waals surface area contributed by atoms with Crippen molar-refractivity contribution in [3.63, 3.8) is 0 Å². The highest BCUT2D eigenvalue weighted by Crippen LogP contribution is 2.20. The van der Waals surface area contributed by atoms with Crippen molar-refractivity contribution in [2.24, 2.45) is 0 Å². The lowest BCUT2D eigenvalue weighted by Gasteiger charge is -2.16. The van der Waals surface area contributed by atoms with E-state index in [2.05, 4.69) is 34.1 Å². The third kappa shape index (κ3) is 3.80. The second-order valence-electron chi connectivity index (χ2n) is 5.77. The van der Waals surface area contributed by atoms with Crippen molar-refractivity contribution in [1.29, 1.82) is 0 Å². The average Bonchev–Trinajstić information content (AvgIpc) is 3.05. The molecule has 1 amide bonds. The van der Waals surface area contributed by atoms with E-state index in [4.69, 9.17) is 12.2 Å². The molecule has 1 aromatic heterocycles. The van der Waals surface area contributed by atoms with E-state index in [9.17, 15) is 4.79 Å². The van der Waals surface area contributed by atoms with Gasteiger partial charge in [-0.3, -0.25) is 15.6 Å². The predicted molar refractivity (Wildman–Crippen MR) is 106 cm³/mol. The molecule has 5 nitrogen and oxygen atoms in total. The standard InChI is InChI=1S/C19H20N4OS/c1-3-13-9-6-7-12(2)17(13)21-19(25)23-22-18(24)16-11-14-8-4-5-10-15(14)20-16/h4-11,20H,3H2,1-2H3,(H,22,24)(H2,21,23,25). The van der Waals surface area contributed by atoms with Gasteiger partial charge in [-0.2, -0.15) is 0 Å². The zero-order valence-corrected chi connectivity index (χ0v) is 15.0. The van der Waals surface area contributed by atoms with E-state index in [1.54, 1.807) is 6.07 Å². The van der Waals surface area contributed by atoms with Gasteiger partial charge in [0.05, 0.1) is 0 Å². The lowest BCUT2D eigenvalue weighted by Crippen LogP contribution is -2.44. The van der Waals surface area contributed by atoms with Crippen molar-refractivity contribution >= 4 is 39.8 Å². The van der Waals surface area contributed by atoms with Crippen LogP contribution in [0, 0.1) is 6.92 Å². The topological polar surface area (TPSA) is 68.9 Å². The number of anilines is 1. The Balaban J connectivity index is 1.63. The Morgan fingerprint density at radius 1 is 1.12 bits per heavy atom. The summed E-state index contributed by atoms with van der Waals surface area (Å²) in [6, 6.07) is 15.6. The molecule has 0 aliphatic carbocycles. The highest BCUT2D eigenvalue weighted by atomic mass is 32.1. The SMILES string of the molecule is CCc1cccc(C)c1NC(=S)NNC(=O)c1cc2ccccc2[nH]1. The minimum absolute atomic E-state index is 0.277. The number of hydrogen-bond donors (Lipinski definition) is 4. The van der Waals surface area contributed by atoms with Gasteiger partial charge in [-0.05, 0) is 48.8 Å². The van der Waals surface area contributed by atoms with Crippen LogP contribution in [0.1, 0.15) is 28.5 Å². The predicted octanol–water partition coefficient (Wildman–Crippen LogP) is 3.67. The van der Waals surface area contributed by atoms with Gasteiger partial charge in [-0.15, -0.1) is 0 Å². The number of aromatic nitrogens is 1. The molecule has 0 spiro atoms. The van der Waals surface area contributed by atoms with Gasteiger partial charge in [0, 0.05) is 16.6 Å². The lowest BCUT2D eigenvalue weighted by atomic mass is 10.1. The van der Waals surface area contributed by atoms with Crippen LogP contribution in [0.3, 0.4) is 0 Å². The molecule has 25 heavy (non-hydrogen) atoms. The number of hydrogen-bond acceptors (Lipinski definition) is 2. The van der Waals surface area contributed by atoms with E-state index in [-0.39, 0.29) is 5.91 Å². The number of amides is 1. The van der Waals surface area contributed by atoms with Crippen LogP contribution < -0.4 is 16.2 Å². The summed E-state index contributed by atoms with van der Waals surface area (Å²) in [4.78, 5) is 15.3. The van der Waals surface area contributed by atoms with E-state index in [1.807, 2.05) is 43.3 Å². The van der Waals surface area contributed by atoms with Crippen LogP contribution in [-0.4, -0.2) is 16.0 Å². The molecule has 6 heteroatoms. The summed E-state index contributed by atoms with van der Waals surface area (Å²) in [7, 11) is 0. The Morgan fingerprint density at radius 2 is 1.92 bits per heavy atom. The largest absolute Gasteiger partial charge is 0.350 e. The fraction of sp³-hybridized carbons (Fsp3) is 0.158. The number of rotatable bonds is 3. The number of benzene rings is 2. The number of para-hydroxylation sites is 2. The number of thiocarbonyl (C=S) groups is 1. The molecular weight excluding hydrogens is 332 g/mol. The van der Waals surface area contributed by atoms with Crippen molar-refractivity contribution in [3.8, 4) is 0 Å². The Morgan fingerprint density at radius 3 is 2.68 bits per heavy atom. The molecule has 2 aromatic carbocycles. The van der Waals surface area contributed by atoms with Crippen molar-refractivity contribution in [2.75, 3.05) is 5.32 Å². The molecule has 0 radical (unpaired) electrons. The van der Waals surface area contributed by atoms with Gasteiger partial charge >= 0.3 is 0 Å². The first-order valence-corrected chi connectivity index (χ1v) is 8.53. The Bertz CT molecular complexity index is 899. The van der Waals surface area contributed by atoms with E-state index in [0.29, 0.717) is 10.8 Å². The molecule has 0 aliphatic heterocycles. The number of aryl methyl sites for hydroxylation is 2. The zero-order valence-electron chi connectivity index (χ0n) is 14.1. The molecule has 0 fully saturated rings. The highest BCUT2D eigenvalue weighted by molar-refractivity contribution is 7.80. The minimum Gasteiger partial charge on any atom is -0.350 e. The van der Waals surface area contributed by atoms with Crippen molar-refractivity contribution in [1.82, 2.24) is 15.8 Å². The molecule has 0 atom stereocenters. The molecule has 0 bridgehead atoms. The number of carbonyl (C=O) groups is 1. The molecule has 0 aliphatic rings. The van der Waals surface area contributed by atoms with Crippen LogP contribution in [-0.2, 0) is 6.42 Å². The maximum Gasteiger partial charge on any atom is 0.286 e. The van der Waals surface area contributed by atoms with Crippen LogP contribution in [0.2, 0.25) is 0 Å². The number of hydrazine groups is 1. The first-order valence-electron chi connectivity index (χ1n) is 8.12. The summed E-state index contributed by atoms with van der Waals surface area (Å²) in [5.41, 5.74) is 10.0. The number of aromatic amines is 1.